The van der Waals surface area contributed by atoms with E-state index in [0.717, 1.165) is 11.3 Å². The number of hydrogen-bond donors (Lipinski definition) is 1. The van der Waals surface area contributed by atoms with Crippen molar-refractivity contribution >= 4 is 5.82 Å². The molecule has 4 nitrogen and oxygen atoms in total. The summed E-state index contributed by atoms with van der Waals surface area (Å²) in [5, 5.41) is 9.06. The van der Waals surface area contributed by atoms with Crippen LogP contribution in [0.4, 0.5) is 5.82 Å². The summed E-state index contributed by atoms with van der Waals surface area (Å²) < 4.78 is 7.63. The number of hydrogen-bond acceptors (Lipinski definition) is 3. The van der Waals surface area contributed by atoms with Gasteiger partial charge >= 0.3 is 0 Å². The summed E-state index contributed by atoms with van der Waals surface area (Å²) in [6.45, 7) is 11.2. The predicted molar refractivity (Wildman–Crippen MR) is 68.7 cm³/mol. The second-order valence-electron chi connectivity index (χ2n) is 4.86. The van der Waals surface area contributed by atoms with Crippen molar-refractivity contribution in [2.45, 2.75) is 46.8 Å². The van der Waals surface area contributed by atoms with Gasteiger partial charge in [0.05, 0.1) is 17.7 Å². The van der Waals surface area contributed by atoms with Crippen LogP contribution in [0, 0.1) is 25.2 Å². The van der Waals surface area contributed by atoms with Crippen molar-refractivity contribution in [1.82, 2.24) is 4.57 Å². The van der Waals surface area contributed by atoms with E-state index < -0.39 is 0 Å². The van der Waals surface area contributed by atoms with E-state index in [4.69, 9.17) is 15.7 Å². The Kier molecular flexibility index (Phi) is 3.84. The highest BCUT2D eigenvalue weighted by Gasteiger charge is 2.23. The van der Waals surface area contributed by atoms with Crippen LogP contribution in [0.2, 0.25) is 0 Å². The first-order valence-corrected chi connectivity index (χ1v) is 5.83. The van der Waals surface area contributed by atoms with Gasteiger partial charge in [-0.1, -0.05) is 0 Å². The third-order valence-corrected chi connectivity index (χ3v) is 3.06. The Bertz CT molecular complexity index is 452. The number of aromatic nitrogens is 1. The van der Waals surface area contributed by atoms with E-state index in [9.17, 15) is 0 Å². The lowest BCUT2D eigenvalue weighted by molar-refractivity contribution is -0.0222. The van der Waals surface area contributed by atoms with Gasteiger partial charge in [-0.05, 0) is 40.2 Å². The van der Waals surface area contributed by atoms with Crippen LogP contribution in [0.25, 0.3) is 0 Å². The van der Waals surface area contributed by atoms with Crippen LogP contribution < -0.4 is 5.73 Å². The summed E-state index contributed by atoms with van der Waals surface area (Å²) in [4.78, 5) is 0. The molecule has 4 heteroatoms. The molecule has 0 aliphatic carbocycles. The lowest BCUT2D eigenvalue weighted by Gasteiger charge is -2.26. The van der Waals surface area contributed by atoms with Crippen LogP contribution in [0.3, 0.4) is 0 Å². The van der Waals surface area contributed by atoms with Crippen molar-refractivity contribution in [3.05, 3.63) is 16.8 Å². The predicted octanol–water partition coefficient (Wildman–Crippen LogP) is 2.37. The lowest BCUT2D eigenvalue weighted by atomic mass is 10.1. The van der Waals surface area contributed by atoms with E-state index in [1.807, 2.05) is 39.2 Å². The Hall–Kier alpha value is -1.47. The zero-order chi connectivity index (χ0) is 13.2. The molecule has 0 amide bonds. The zero-order valence-electron chi connectivity index (χ0n) is 11.3. The maximum absolute atomic E-state index is 9.06. The Balaban J connectivity index is 3.13. The fourth-order valence-corrected chi connectivity index (χ4v) is 2.05. The Morgan fingerprint density at radius 2 is 2.00 bits per heavy atom. The third-order valence-electron chi connectivity index (χ3n) is 3.06. The van der Waals surface area contributed by atoms with Crippen molar-refractivity contribution < 1.29 is 4.74 Å². The number of anilines is 1. The molecule has 0 fully saturated rings. The Morgan fingerprint density at radius 1 is 1.41 bits per heavy atom. The van der Waals surface area contributed by atoms with Crippen LogP contribution in [-0.2, 0) is 11.3 Å². The largest absolute Gasteiger partial charge is 0.384 e. The van der Waals surface area contributed by atoms with Crippen LogP contribution in [0.1, 0.15) is 37.6 Å². The first-order valence-electron chi connectivity index (χ1n) is 5.83. The maximum atomic E-state index is 9.06. The second-order valence-corrected chi connectivity index (χ2v) is 4.86. The number of nitrogen functional groups attached to an aromatic ring is 1. The van der Waals surface area contributed by atoms with Crippen molar-refractivity contribution in [3.63, 3.8) is 0 Å². The number of nitriles is 1. The molecular weight excluding hydrogens is 214 g/mol. The molecule has 0 radical (unpaired) electrons. The fraction of sp³-hybridized carbons (Fsp3) is 0.615. The van der Waals surface area contributed by atoms with Gasteiger partial charge in [0, 0.05) is 12.3 Å². The van der Waals surface area contributed by atoms with Gasteiger partial charge in [0.1, 0.15) is 11.9 Å². The number of nitrogens with zero attached hydrogens (tertiary/aromatic N) is 2. The molecule has 0 aliphatic heterocycles. The number of nitrogens with two attached hydrogens (primary N) is 1. The SMILES string of the molecule is CCOC(C)(C)Cn1c(C)c(C)c(C#N)c1N. The van der Waals surface area contributed by atoms with E-state index in [1.165, 1.54) is 0 Å². The van der Waals surface area contributed by atoms with Crippen molar-refractivity contribution in [2.75, 3.05) is 12.3 Å². The van der Waals surface area contributed by atoms with Crippen molar-refractivity contribution in [1.29, 1.82) is 5.26 Å². The standard InChI is InChI=1S/C13H21N3O/c1-6-17-13(4,5)8-16-10(3)9(2)11(7-14)12(16)15/h6,8,15H2,1-5H3. The molecule has 0 saturated carbocycles. The van der Waals surface area contributed by atoms with E-state index >= 15 is 0 Å². The first-order chi connectivity index (χ1) is 7.84. The molecule has 17 heavy (non-hydrogen) atoms. The van der Waals surface area contributed by atoms with Gasteiger partial charge in [-0.2, -0.15) is 5.26 Å². The van der Waals surface area contributed by atoms with Crippen LogP contribution in [-0.4, -0.2) is 16.8 Å². The smallest absolute Gasteiger partial charge is 0.122 e. The molecule has 0 unspecified atom stereocenters. The monoisotopic (exact) mass is 235 g/mol. The molecule has 0 spiro atoms. The van der Waals surface area contributed by atoms with Crippen LogP contribution in [0.5, 0.6) is 0 Å². The molecule has 1 heterocycles. The topological polar surface area (TPSA) is 64.0 Å². The van der Waals surface area contributed by atoms with E-state index in [-0.39, 0.29) is 5.60 Å². The van der Waals surface area contributed by atoms with E-state index in [2.05, 4.69) is 6.07 Å². The summed E-state index contributed by atoms with van der Waals surface area (Å²) in [5.74, 6) is 0.537. The molecule has 0 aliphatic rings. The molecule has 2 N–H and O–H groups in total. The van der Waals surface area contributed by atoms with E-state index in [0.29, 0.717) is 24.5 Å². The van der Waals surface area contributed by atoms with Gasteiger partial charge in [0.2, 0.25) is 0 Å². The molecule has 0 saturated heterocycles. The minimum Gasteiger partial charge on any atom is -0.384 e. The summed E-state index contributed by atoms with van der Waals surface area (Å²) >= 11 is 0. The zero-order valence-corrected chi connectivity index (χ0v) is 11.3. The van der Waals surface area contributed by atoms with Crippen molar-refractivity contribution in [2.24, 2.45) is 0 Å². The third kappa shape index (κ3) is 2.62. The fourth-order valence-electron chi connectivity index (χ4n) is 2.05. The van der Waals surface area contributed by atoms with Crippen LogP contribution >= 0.6 is 0 Å². The lowest BCUT2D eigenvalue weighted by Crippen LogP contribution is -2.31. The van der Waals surface area contributed by atoms with E-state index in [1.54, 1.807) is 0 Å². The molecular formula is C13H21N3O. The van der Waals surface area contributed by atoms with Crippen LogP contribution in [0.15, 0.2) is 0 Å². The average Bonchev–Trinajstić information content (AvgIpc) is 2.42. The molecule has 0 atom stereocenters. The Labute approximate surface area is 103 Å². The molecule has 0 aromatic carbocycles. The first kappa shape index (κ1) is 13.6. The second kappa shape index (κ2) is 4.80. The highest BCUT2D eigenvalue weighted by atomic mass is 16.5. The molecule has 0 bridgehead atoms. The van der Waals surface area contributed by atoms with Gasteiger partial charge in [0.15, 0.2) is 0 Å². The summed E-state index contributed by atoms with van der Waals surface area (Å²) in [7, 11) is 0. The molecule has 1 rings (SSSR count). The van der Waals surface area contributed by atoms with Gasteiger partial charge in [-0.3, -0.25) is 0 Å². The highest BCUT2D eigenvalue weighted by molar-refractivity contribution is 5.57. The number of ether oxygens (including phenoxy) is 1. The minimum absolute atomic E-state index is 0.286. The number of rotatable bonds is 4. The molecule has 94 valence electrons. The molecule has 1 aromatic rings. The van der Waals surface area contributed by atoms with Crippen molar-refractivity contribution in [3.8, 4) is 6.07 Å². The minimum atomic E-state index is -0.286. The summed E-state index contributed by atoms with van der Waals surface area (Å²) in [5.41, 5.74) is 8.29. The van der Waals surface area contributed by atoms with Gasteiger partial charge in [-0.15, -0.1) is 0 Å². The van der Waals surface area contributed by atoms with Gasteiger partial charge in [0.25, 0.3) is 0 Å². The summed E-state index contributed by atoms with van der Waals surface area (Å²) in [6, 6.07) is 2.16. The Morgan fingerprint density at radius 3 is 2.41 bits per heavy atom. The van der Waals surface area contributed by atoms with Gasteiger partial charge in [-0.25, -0.2) is 0 Å². The highest BCUT2D eigenvalue weighted by Crippen LogP contribution is 2.26. The normalized spacial score (nSPS) is 11.5. The summed E-state index contributed by atoms with van der Waals surface area (Å²) in [6.07, 6.45) is 0. The quantitative estimate of drug-likeness (QED) is 0.871. The van der Waals surface area contributed by atoms with Gasteiger partial charge < -0.3 is 15.0 Å². The molecule has 1 aromatic heterocycles. The maximum Gasteiger partial charge on any atom is 0.122 e. The average molecular weight is 235 g/mol.